The SMILES string of the molecule is [O-]/C(=C\c1ccco1)C(F)(F)F. The van der Waals surface area contributed by atoms with Gasteiger partial charge in [0, 0.05) is 0 Å². The number of hydrogen-bond donors (Lipinski definition) is 0. The Balaban J connectivity index is 2.84. The van der Waals surface area contributed by atoms with Gasteiger partial charge in [0.25, 0.3) is 0 Å². The second-order valence-electron chi connectivity index (χ2n) is 2.02. The van der Waals surface area contributed by atoms with Crippen LogP contribution in [0.4, 0.5) is 13.2 Å². The van der Waals surface area contributed by atoms with Crippen molar-refractivity contribution in [1.29, 1.82) is 0 Å². The Hall–Kier alpha value is -1.39. The Labute approximate surface area is 65.9 Å². The van der Waals surface area contributed by atoms with Crippen LogP contribution in [0.15, 0.2) is 28.6 Å². The molecule has 0 aromatic carbocycles. The van der Waals surface area contributed by atoms with Gasteiger partial charge in [-0.1, -0.05) is 0 Å². The smallest absolute Gasteiger partial charge is 0.402 e. The highest BCUT2D eigenvalue weighted by atomic mass is 19.4. The molecule has 1 aromatic rings. The summed E-state index contributed by atoms with van der Waals surface area (Å²) in [6.45, 7) is 0. The fourth-order valence-electron chi connectivity index (χ4n) is 0.584. The van der Waals surface area contributed by atoms with Crippen molar-refractivity contribution < 1.29 is 22.7 Å². The van der Waals surface area contributed by atoms with Crippen LogP contribution in [-0.2, 0) is 0 Å². The van der Waals surface area contributed by atoms with Crippen LogP contribution in [0.1, 0.15) is 5.76 Å². The molecular formula is C7H4F3O2-. The van der Waals surface area contributed by atoms with Crippen molar-refractivity contribution in [2.45, 2.75) is 6.18 Å². The molecule has 0 aliphatic carbocycles. The number of allylic oxidation sites excluding steroid dienone is 1. The van der Waals surface area contributed by atoms with Gasteiger partial charge in [0.15, 0.2) is 0 Å². The van der Waals surface area contributed by atoms with E-state index in [1.165, 1.54) is 18.4 Å². The van der Waals surface area contributed by atoms with Crippen molar-refractivity contribution in [3.05, 3.63) is 29.9 Å². The van der Waals surface area contributed by atoms with Crippen LogP contribution < -0.4 is 5.11 Å². The summed E-state index contributed by atoms with van der Waals surface area (Å²) in [5, 5.41) is 10.3. The second-order valence-corrected chi connectivity index (χ2v) is 2.02. The third-order valence-corrected chi connectivity index (χ3v) is 1.10. The first-order valence-electron chi connectivity index (χ1n) is 2.99. The number of furan rings is 1. The van der Waals surface area contributed by atoms with Crippen molar-refractivity contribution >= 4 is 6.08 Å². The van der Waals surface area contributed by atoms with Crippen LogP contribution in [0.2, 0.25) is 0 Å². The van der Waals surface area contributed by atoms with E-state index in [1.807, 2.05) is 0 Å². The monoisotopic (exact) mass is 177 g/mol. The first-order chi connectivity index (χ1) is 5.50. The summed E-state index contributed by atoms with van der Waals surface area (Å²) in [6.07, 6.45) is -3.23. The van der Waals surface area contributed by atoms with Crippen molar-refractivity contribution in [1.82, 2.24) is 0 Å². The van der Waals surface area contributed by atoms with Gasteiger partial charge in [-0.15, -0.1) is 0 Å². The van der Waals surface area contributed by atoms with Gasteiger partial charge in [0.05, 0.1) is 6.26 Å². The van der Waals surface area contributed by atoms with E-state index >= 15 is 0 Å². The van der Waals surface area contributed by atoms with E-state index in [2.05, 4.69) is 4.42 Å². The van der Waals surface area contributed by atoms with E-state index in [-0.39, 0.29) is 5.76 Å². The largest absolute Gasteiger partial charge is 0.869 e. The van der Waals surface area contributed by atoms with Crippen LogP contribution in [0, 0.1) is 0 Å². The van der Waals surface area contributed by atoms with Crippen molar-refractivity contribution in [3.63, 3.8) is 0 Å². The molecule has 0 aliphatic heterocycles. The van der Waals surface area contributed by atoms with Crippen molar-refractivity contribution in [2.24, 2.45) is 0 Å². The van der Waals surface area contributed by atoms with Gasteiger partial charge in [-0.3, -0.25) is 0 Å². The highest BCUT2D eigenvalue weighted by Gasteiger charge is 2.26. The second kappa shape index (κ2) is 2.92. The maximum absolute atomic E-state index is 11.6. The summed E-state index contributed by atoms with van der Waals surface area (Å²) in [5.74, 6) is -2.02. The lowest BCUT2D eigenvalue weighted by molar-refractivity contribution is -0.358. The molecule has 0 saturated carbocycles. The van der Waals surface area contributed by atoms with Crippen LogP contribution in [0.25, 0.3) is 6.08 Å². The van der Waals surface area contributed by atoms with Crippen LogP contribution in [-0.4, -0.2) is 6.18 Å². The predicted octanol–water partition coefficient (Wildman–Crippen LogP) is 1.54. The highest BCUT2D eigenvalue weighted by molar-refractivity contribution is 5.45. The quantitative estimate of drug-likeness (QED) is 0.610. The predicted molar refractivity (Wildman–Crippen MR) is 32.7 cm³/mol. The summed E-state index contributed by atoms with van der Waals surface area (Å²) in [4.78, 5) is 0. The van der Waals surface area contributed by atoms with E-state index in [4.69, 9.17) is 0 Å². The molecule has 0 unspecified atom stereocenters. The molecule has 0 amide bonds. The minimum Gasteiger partial charge on any atom is -0.869 e. The van der Waals surface area contributed by atoms with E-state index < -0.39 is 11.9 Å². The summed E-state index contributed by atoms with van der Waals surface area (Å²) in [7, 11) is 0. The minimum absolute atomic E-state index is 0.0997. The summed E-state index contributed by atoms with van der Waals surface area (Å²) in [5.41, 5.74) is 0. The van der Waals surface area contributed by atoms with Gasteiger partial charge >= 0.3 is 6.18 Å². The molecule has 1 heterocycles. The minimum atomic E-state index is -4.83. The van der Waals surface area contributed by atoms with Crippen molar-refractivity contribution in [2.75, 3.05) is 0 Å². The maximum Gasteiger partial charge on any atom is 0.402 e. The lowest BCUT2D eigenvalue weighted by Gasteiger charge is -2.14. The number of hydrogen-bond acceptors (Lipinski definition) is 2. The molecule has 12 heavy (non-hydrogen) atoms. The van der Waals surface area contributed by atoms with Gasteiger partial charge in [0.2, 0.25) is 0 Å². The zero-order valence-corrected chi connectivity index (χ0v) is 5.76. The molecule has 0 aliphatic rings. The molecule has 0 fully saturated rings. The Morgan fingerprint density at radius 1 is 1.50 bits per heavy atom. The number of alkyl halides is 3. The highest BCUT2D eigenvalue weighted by Crippen LogP contribution is 2.22. The topological polar surface area (TPSA) is 36.2 Å². The maximum atomic E-state index is 11.6. The first-order valence-corrected chi connectivity index (χ1v) is 2.99. The molecule has 0 spiro atoms. The molecule has 1 rings (SSSR count). The van der Waals surface area contributed by atoms with Crippen LogP contribution in [0.3, 0.4) is 0 Å². The van der Waals surface area contributed by atoms with Gasteiger partial charge in [-0.25, -0.2) is 0 Å². The Morgan fingerprint density at radius 3 is 2.58 bits per heavy atom. The van der Waals surface area contributed by atoms with Gasteiger partial charge in [-0.2, -0.15) is 13.2 Å². The summed E-state index contributed by atoms with van der Waals surface area (Å²) >= 11 is 0. The Morgan fingerprint density at radius 2 is 2.17 bits per heavy atom. The van der Waals surface area contributed by atoms with Crippen LogP contribution in [0.5, 0.6) is 0 Å². The zero-order chi connectivity index (χ0) is 9.19. The molecular weight excluding hydrogens is 173 g/mol. The van der Waals surface area contributed by atoms with Crippen LogP contribution >= 0.6 is 0 Å². The molecule has 0 radical (unpaired) electrons. The molecule has 66 valence electrons. The normalized spacial score (nSPS) is 13.4. The van der Waals surface area contributed by atoms with Gasteiger partial charge in [0.1, 0.15) is 5.76 Å². The molecule has 5 heteroatoms. The van der Waals surface area contributed by atoms with Gasteiger partial charge in [-0.05, 0) is 24.0 Å². The average Bonchev–Trinajstić information content (AvgIpc) is 2.37. The van der Waals surface area contributed by atoms with E-state index in [0.717, 1.165) is 0 Å². The zero-order valence-electron chi connectivity index (χ0n) is 5.76. The first kappa shape index (κ1) is 8.70. The number of halogens is 3. The summed E-state index contributed by atoms with van der Waals surface area (Å²) in [6, 6.07) is 2.67. The van der Waals surface area contributed by atoms with Crippen molar-refractivity contribution in [3.8, 4) is 0 Å². The van der Waals surface area contributed by atoms with Gasteiger partial charge < -0.3 is 9.52 Å². The number of rotatable bonds is 1. The van der Waals surface area contributed by atoms with E-state index in [0.29, 0.717) is 6.08 Å². The molecule has 0 N–H and O–H groups in total. The fourth-order valence-corrected chi connectivity index (χ4v) is 0.584. The Bertz CT molecular complexity index is 271. The third kappa shape index (κ3) is 2.05. The standard InChI is InChI=1S/C7H5F3O2/c8-7(9,10)6(11)4-5-2-1-3-12-5/h1-4,11H/p-1/b6-4-. The van der Waals surface area contributed by atoms with E-state index in [1.54, 1.807) is 0 Å². The molecule has 0 bridgehead atoms. The third-order valence-electron chi connectivity index (χ3n) is 1.10. The molecule has 0 atom stereocenters. The molecule has 2 nitrogen and oxygen atoms in total. The lowest BCUT2D eigenvalue weighted by Crippen LogP contribution is -2.22. The van der Waals surface area contributed by atoms with E-state index in [9.17, 15) is 18.3 Å². The summed E-state index contributed by atoms with van der Waals surface area (Å²) < 4.78 is 39.4. The lowest BCUT2D eigenvalue weighted by atomic mass is 10.3. The fraction of sp³-hybridized carbons (Fsp3) is 0.143. The molecule has 1 aromatic heterocycles. The Kier molecular flexibility index (Phi) is 2.12. The average molecular weight is 177 g/mol. The molecule has 0 saturated heterocycles.